The Balaban J connectivity index is 2.23. The topological polar surface area (TPSA) is 64.3 Å². The van der Waals surface area contributed by atoms with Crippen molar-refractivity contribution < 1.29 is 9.53 Å². The predicted molar refractivity (Wildman–Crippen MR) is 58.3 cm³/mol. The minimum atomic E-state index is -0.434. The summed E-state index contributed by atoms with van der Waals surface area (Å²) in [7, 11) is 0. The number of alkyl carbamates (subject to hydrolysis) is 1. The lowest BCUT2D eigenvalue weighted by atomic mass is 10.2. The minimum Gasteiger partial charge on any atom is -0.445 e. The molecule has 0 saturated carbocycles. The van der Waals surface area contributed by atoms with E-state index in [4.69, 9.17) is 10.5 Å². The average Bonchev–Trinajstić information content (AvgIpc) is 2.25. The summed E-state index contributed by atoms with van der Waals surface area (Å²) >= 11 is 0. The number of hydrogen-bond donors (Lipinski definition) is 2. The van der Waals surface area contributed by atoms with Crippen molar-refractivity contribution in [3.05, 3.63) is 35.9 Å². The summed E-state index contributed by atoms with van der Waals surface area (Å²) in [6.45, 7) is 2.52. The third-order valence-electron chi connectivity index (χ3n) is 1.78. The molecule has 0 bridgehead atoms. The van der Waals surface area contributed by atoms with Gasteiger partial charge in [0.1, 0.15) is 6.61 Å². The van der Waals surface area contributed by atoms with E-state index in [9.17, 15) is 4.79 Å². The first-order valence-electron chi connectivity index (χ1n) is 4.88. The van der Waals surface area contributed by atoms with E-state index in [1.807, 2.05) is 37.3 Å². The van der Waals surface area contributed by atoms with Crippen LogP contribution in [0.1, 0.15) is 12.5 Å². The van der Waals surface area contributed by atoms with Crippen LogP contribution in [0.25, 0.3) is 0 Å². The Labute approximate surface area is 89.4 Å². The normalized spacial score (nSPS) is 11.9. The fourth-order valence-corrected chi connectivity index (χ4v) is 1.02. The van der Waals surface area contributed by atoms with Gasteiger partial charge in [-0.2, -0.15) is 0 Å². The van der Waals surface area contributed by atoms with Gasteiger partial charge in [0.15, 0.2) is 0 Å². The maximum absolute atomic E-state index is 11.1. The Morgan fingerprint density at radius 2 is 2.13 bits per heavy atom. The monoisotopic (exact) mass is 208 g/mol. The molecular formula is C11H16N2O2. The third-order valence-corrected chi connectivity index (χ3v) is 1.78. The maximum atomic E-state index is 11.1. The van der Waals surface area contributed by atoms with Crippen LogP contribution in [0.2, 0.25) is 0 Å². The Morgan fingerprint density at radius 1 is 1.47 bits per heavy atom. The zero-order valence-corrected chi connectivity index (χ0v) is 8.77. The second-order valence-corrected chi connectivity index (χ2v) is 3.42. The van der Waals surface area contributed by atoms with Crippen molar-refractivity contribution in [1.82, 2.24) is 5.32 Å². The van der Waals surface area contributed by atoms with Gasteiger partial charge >= 0.3 is 6.09 Å². The van der Waals surface area contributed by atoms with Crippen molar-refractivity contribution in [2.75, 3.05) is 6.54 Å². The fraction of sp³-hybridized carbons (Fsp3) is 0.364. The van der Waals surface area contributed by atoms with Gasteiger partial charge in [-0.3, -0.25) is 0 Å². The zero-order chi connectivity index (χ0) is 11.1. The highest BCUT2D eigenvalue weighted by Gasteiger charge is 2.02. The molecule has 1 aromatic rings. The van der Waals surface area contributed by atoms with Crippen molar-refractivity contribution in [1.29, 1.82) is 0 Å². The summed E-state index contributed by atoms with van der Waals surface area (Å²) in [5.74, 6) is 0. The van der Waals surface area contributed by atoms with E-state index in [1.165, 1.54) is 0 Å². The van der Waals surface area contributed by atoms with Crippen LogP contribution < -0.4 is 11.1 Å². The molecule has 82 valence electrons. The van der Waals surface area contributed by atoms with Crippen molar-refractivity contribution in [2.24, 2.45) is 5.73 Å². The van der Waals surface area contributed by atoms with E-state index in [0.29, 0.717) is 6.54 Å². The fourth-order valence-electron chi connectivity index (χ4n) is 1.02. The number of carbonyl (C=O) groups is 1. The molecule has 0 aliphatic carbocycles. The van der Waals surface area contributed by atoms with Gasteiger partial charge in [-0.25, -0.2) is 4.79 Å². The first kappa shape index (κ1) is 11.5. The summed E-state index contributed by atoms with van der Waals surface area (Å²) < 4.78 is 4.97. The van der Waals surface area contributed by atoms with Gasteiger partial charge in [-0.05, 0) is 12.5 Å². The van der Waals surface area contributed by atoms with Crippen LogP contribution in [0.3, 0.4) is 0 Å². The molecule has 1 aromatic carbocycles. The number of nitrogens with two attached hydrogens (primary N) is 1. The van der Waals surface area contributed by atoms with Gasteiger partial charge in [0.05, 0.1) is 0 Å². The van der Waals surface area contributed by atoms with E-state index in [-0.39, 0.29) is 12.6 Å². The Bertz CT molecular complexity index is 299. The second kappa shape index (κ2) is 6.03. The standard InChI is InChI=1S/C11H16N2O2/c1-9(12)7-13-11(14)15-8-10-5-3-2-4-6-10/h2-6,9H,7-8,12H2,1H3,(H,13,14)/t9-/m1/s1. The number of ether oxygens (including phenoxy) is 1. The lowest BCUT2D eigenvalue weighted by Crippen LogP contribution is -2.35. The highest BCUT2D eigenvalue weighted by atomic mass is 16.5. The molecule has 15 heavy (non-hydrogen) atoms. The number of hydrogen-bond acceptors (Lipinski definition) is 3. The van der Waals surface area contributed by atoms with Crippen molar-refractivity contribution in [3.63, 3.8) is 0 Å². The van der Waals surface area contributed by atoms with Gasteiger partial charge in [-0.15, -0.1) is 0 Å². The summed E-state index contributed by atoms with van der Waals surface area (Å²) in [5.41, 5.74) is 6.44. The van der Waals surface area contributed by atoms with Crippen LogP contribution >= 0.6 is 0 Å². The lowest BCUT2D eigenvalue weighted by Gasteiger charge is -2.08. The smallest absolute Gasteiger partial charge is 0.407 e. The molecule has 3 N–H and O–H groups in total. The molecule has 4 heteroatoms. The average molecular weight is 208 g/mol. The summed E-state index contributed by atoms with van der Waals surface area (Å²) in [4.78, 5) is 11.1. The van der Waals surface area contributed by atoms with Gasteiger partial charge < -0.3 is 15.8 Å². The van der Waals surface area contributed by atoms with E-state index in [2.05, 4.69) is 5.32 Å². The SMILES string of the molecule is C[C@@H](N)CNC(=O)OCc1ccccc1. The van der Waals surface area contributed by atoms with Gasteiger partial charge in [0.2, 0.25) is 0 Å². The molecule has 1 rings (SSSR count). The van der Waals surface area contributed by atoms with E-state index in [1.54, 1.807) is 0 Å². The highest BCUT2D eigenvalue weighted by Crippen LogP contribution is 2.00. The molecule has 1 amide bonds. The lowest BCUT2D eigenvalue weighted by molar-refractivity contribution is 0.139. The Hall–Kier alpha value is -1.55. The molecule has 0 radical (unpaired) electrons. The number of benzene rings is 1. The molecule has 0 fully saturated rings. The number of rotatable bonds is 4. The van der Waals surface area contributed by atoms with Crippen molar-refractivity contribution in [2.45, 2.75) is 19.6 Å². The van der Waals surface area contributed by atoms with E-state index in [0.717, 1.165) is 5.56 Å². The molecule has 0 unspecified atom stereocenters. The van der Waals surface area contributed by atoms with E-state index < -0.39 is 6.09 Å². The molecule has 1 atom stereocenters. The second-order valence-electron chi connectivity index (χ2n) is 3.42. The summed E-state index contributed by atoms with van der Waals surface area (Å²) in [5, 5.41) is 2.57. The van der Waals surface area contributed by atoms with Gasteiger partial charge in [0.25, 0.3) is 0 Å². The Kier molecular flexibility index (Phi) is 4.63. The third kappa shape index (κ3) is 5.02. The molecule has 0 heterocycles. The molecule has 0 aromatic heterocycles. The molecule has 0 spiro atoms. The van der Waals surface area contributed by atoms with Crippen LogP contribution in [-0.2, 0) is 11.3 Å². The van der Waals surface area contributed by atoms with Crippen LogP contribution in [0.5, 0.6) is 0 Å². The number of nitrogens with one attached hydrogen (secondary N) is 1. The highest BCUT2D eigenvalue weighted by molar-refractivity contribution is 5.67. The summed E-state index contributed by atoms with van der Waals surface area (Å²) in [6.07, 6.45) is -0.434. The molecule has 0 saturated heterocycles. The predicted octanol–water partition coefficient (Wildman–Crippen LogP) is 1.26. The van der Waals surface area contributed by atoms with Crippen LogP contribution in [0.4, 0.5) is 4.79 Å². The first-order valence-corrected chi connectivity index (χ1v) is 4.88. The van der Waals surface area contributed by atoms with Crippen LogP contribution in [0, 0.1) is 0 Å². The van der Waals surface area contributed by atoms with Crippen LogP contribution in [0.15, 0.2) is 30.3 Å². The minimum absolute atomic E-state index is 0.0609. The van der Waals surface area contributed by atoms with E-state index >= 15 is 0 Å². The zero-order valence-electron chi connectivity index (χ0n) is 8.77. The van der Waals surface area contributed by atoms with Gasteiger partial charge in [-0.1, -0.05) is 30.3 Å². The van der Waals surface area contributed by atoms with Crippen molar-refractivity contribution in [3.8, 4) is 0 Å². The maximum Gasteiger partial charge on any atom is 0.407 e. The molecule has 0 aliphatic heterocycles. The quantitative estimate of drug-likeness (QED) is 0.783. The molecule has 4 nitrogen and oxygen atoms in total. The van der Waals surface area contributed by atoms with Gasteiger partial charge in [0, 0.05) is 12.6 Å². The Morgan fingerprint density at radius 3 is 2.73 bits per heavy atom. The summed E-state index contributed by atoms with van der Waals surface area (Å²) in [6, 6.07) is 9.46. The number of amides is 1. The largest absolute Gasteiger partial charge is 0.445 e. The molecular weight excluding hydrogens is 192 g/mol. The number of carbonyl (C=O) groups excluding carboxylic acids is 1. The first-order chi connectivity index (χ1) is 7.18. The molecule has 0 aliphatic rings. The van der Waals surface area contributed by atoms with Crippen LogP contribution in [-0.4, -0.2) is 18.7 Å². The van der Waals surface area contributed by atoms with Crippen molar-refractivity contribution >= 4 is 6.09 Å².